The first-order chi connectivity index (χ1) is 14.0. The van der Waals surface area contributed by atoms with Crippen molar-refractivity contribution in [3.63, 3.8) is 0 Å². The van der Waals surface area contributed by atoms with Crippen LogP contribution in [0.25, 0.3) is 0 Å². The second-order valence-corrected chi connectivity index (χ2v) is 6.54. The lowest BCUT2D eigenvalue weighted by Crippen LogP contribution is -2.16. The van der Waals surface area contributed by atoms with Crippen molar-refractivity contribution in [1.29, 1.82) is 0 Å². The lowest BCUT2D eigenvalue weighted by atomic mass is 10.1. The molecular weight excluding hydrogens is 407 g/mol. The Labute approximate surface area is 168 Å². The Morgan fingerprint density at radius 3 is 2.13 bits per heavy atom. The molecule has 156 valence electrons. The molecule has 1 heterocycles. The minimum atomic E-state index is -4.70. The van der Waals surface area contributed by atoms with Crippen molar-refractivity contribution in [3.05, 3.63) is 82.7 Å². The largest absolute Gasteiger partial charge is 0.455 e. The van der Waals surface area contributed by atoms with Crippen LogP contribution in [0.3, 0.4) is 0 Å². The van der Waals surface area contributed by atoms with Gasteiger partial charge >= 0.3 is 6.18 Å². The van der Waals surface area contributed by atoms with Crippen molar-refractivity contribution in [1.82, 2.24) is 4.98 Å². The average molecular weight is 422 g/mol. The molecule has 1 amide bonds. The van der Waals surface area contributed by atoms with Crippen molar-refractivity contribution < 1.29 is 31.5 Å². The van der Waals surface area contributed by atoms with Gasteiger partial charge in [0.05, 0.1) is 0 Å². The normalized spacial score (nSPS) is 11.3. The third-order valence-electron chi connectivity index (χ3n) is 4.01. The van der Waals surface area contributed by atoms with Crippen LogP contribution in [-0.4, -0.2) is 10.9 Å². The first-order valence-electron chi connectivity index (χ1n) is 8.63. The van der Waals surface area contributed by atoms with Crippen LogP contribution in [0.15, 0.2) is 48.7 Å². The summed E-state index contributed by atoms with van der Waals surface area (Å²) in [6.45, 7) is 3.06. The average Bonchev–Trinajstić information content (AvgIpc) is 2.61. The van der Waals surface area contributed by atoms with Crippen molar-refractivity contribution in [2.45, 2.75) is 20.0 Å². The highest BCUT2D eigenvalue weighted by Gasteiger charge is 2.36. The number of benzene rings is 2. The van der Waals surface area contributed by atoms with E-state index < -0.39 is 40.7 Å². The molecule has 1 aromatic heterocycles. The molecule has 1 N–H and O–H groups in total. The molecule has 0 unspecified atom stereocenters. The van der Waals surface area contributed by atoms with Crippen molar-refractivity contribution in [2.24, 2.45) is 0 Å². The van der Waals surface area contributed by atoms with E-state index in [9.17, 15) is 26.7 Å². The van der Waals surface area contributed by atoms with Gasteiger partial charge in [-0.25, -0.2) is 13.8 Å². The van der Waals surface area contributed by atoms with Crippen LogP contribution in [0.2, 0.25) is 0 Å². The van der Waals surface area contributed by atoms with Crippen molar-refractivity contribution in [3.8, 4) is 11.5 Å². The van der Waals surface area contributed by atoms with E-state index in [1.165, 1.54) is 37.3 Å². The van der Waals surface area contributed by atoms with Gasteiger partial charge in [-0.15, -0.1) is 0 Å². The summed E-state index contributed by atoms with van der Waals surface area (Å²) in [6, 6.07) is 8.53. The number of rotatable bonds is 4. The fourth-order valence-corrected chi connectivity index (χ4v) is 2.68. The van der Waals surface area contributed by atoms with E-state index in [0.717, 1.165) is 18.3 Å². The molecule has 3 aromatic rings. The highest BCUT2D eigenvalue weighted by Crippen LogP contribution is 2.37. The zero-order valence-electron chi connectivity index (χ0n) is 15.8. The van der Waals surface area contributed by atoms with Gasteiger partial charge in [-0.05, 0) is 67.4 Å². The number of nitrogens with one attached hydrogen (secondary N) is 1. The zero-order valence-corrected chi connectivity index (χ0v) is 15.8. The van der Waals surface area contributed by atoms with Gasteiger partial charge < -0.3 is 10.1 Å². The number of amides is 1. The maximum atomic E-state index is 13.9. The summed E-state index contributed by atoms with van der Waals surface area (Å²) in [5.74, 6) is -3.42. The molecule has 0 saturated heterocycles. The van der Waals surface area contributed by atoms with Crippen LogP contribution in [0.1, 0.15) is 27.2 Å². The van der Waals surface area contributed by atoms with Gasteiger partial charge in [0, 0.05) is 11.9 Å². The lowest BCUT2D eigenvalue weighted by molar-refractivity contribution is -0.142. The van der Waals surface area contributed by atoms with Crippen molar-refractivity contribution in [2.75, 3.05) is 5.32 Å². The molecule has 0 fully saturated rings. The summed E-state index contributed by atoms with van der Waals surface area (Å²) in [5, 5.41) is 2.33. The number of aryl methyl sites for hydroxylation is 2. The van der Waals surface area contributed by atoms with Gasteiger partial charge in [-0.2, -0.15) is 13.2 Å². The van der Waals surface area contributed by atoms with Crippen LogP contribution in [-0.2, 0) is 6.18 Å². The van der Waals surface area contributed by atoms with Crippen LogP contribution < -0.4 is 10.1 Å². The molecule has 0 aliphatic rings. The number of ether oxygens (including phenoxy) is 1. The fourth-order valence-electron chi connectivity index (χ4n) is 2.68. The Kier molecular flexibility index (Phi) is 5.73. The Morgan fingerprint density at radius 2 is 1.57 bits per heavy atom. The molecule has 0 spiro atoms. The molecule has 0 aliphatic carbocycles. The molecule has 2 aromatic carbocycles. The molecule has 30 heavy (non-hydrogen) atoms. The van der Waals surface area contributed by atoms with E-state index in [0.29, 0.717) is 11.1 Å². The summed E-state index contributed by atoms with van der Waals surface area (Å²) in [5.41, 5.74) is -0.932. The molecule has 9 heteroatoms. The fraction of sp³-hybridized carbons (Fsp3) is 0.143. The minimum Gasteiger partial charge on any atom is -0.455 e. The predicted octanol–water partition coefficient (Wildman–Crippen LogP) is 6.04. The number of anilines is 1. The smallest absolute Gasteiger partial charge is 0.437 e. The van der Waals surface area contributed by atoms with E-state index >= 15 is 0 Å². The topological polar surface area (TPSA) is 51.2 Å². The molecule has 0 bridgehead atoms. The molecule has 0 saturated carbocycles. The second-order valence-electron chi connectivity index (χ2n) is 6.54. The van der Waals surface area contributed by atoms with Gasteiger partial charge in [0.25, 0.3) is 5.91 Å². The minimum absolute atomic E-state index is 0.0543. The lowest BCUT2D eigenvalue weighted by Gasteiger charge is -2.14. The summed E-state index contributed by atoms with van der Waals surface area (Å²) < 4.78 is 72.4. The molecule has 0 atom stereocenters. The van der Waals surface area contributed by atoms with Crippen LogP contribution in [0.5, 0.6) is 11.5 Å². The number of aromatic nitrogens is 1. The predicted molar refractivity (Wildman–Crippen MR) is 99.5 cm³/mol. The van der Waals surface area contributed by atoms with Gasteiger partial charge in [-0.3, -0.25) is 4.79 Å². The summed E-state index contributed by atoms with van der Waals surface area (Å²) >= 11 is 0. The molecule has 4 nitrogen and oxygen atoms in total. The number of alkyl halides is 3. The number of carbonyl (C=O) groups excluding carboxylic acids is 1. The van der Waals surface area contributed by atoms with E-state index in [1.807, 2.05) is 0 Å². The number of hydrogen-bond acceptors (Lipinski definition) is 3. The third kappa shape index (κ3) is 4.73. The van der Waals surface area contributed by atoms with Crippen molar-refractivity contribution >= 4 is 11.6 Å². The van der Waals surface area contributed by atoms with E-state index in [1.54, 1.807) is 6.92 Å². The zero-order chi connectivity index (χ0) is 22.1. The third-order valence-corrected chi connectivity index (χ3v) is 4.01. The second kappa shape index (κ2) is 8.10. The summed E-state index contributed by atoms with van der Waals surface area (Å²) in [6.07, 6.45) is -3.61. The molecule has 3 rings (SSSR count). The molecular formula is C21H15F5N2O2. The number of nitrogens with zero attached hydrogens (tertiary/aromatic N) is 1. The maximum absolute atomic E-state index is 13.9. The first-order valence-corrected chi connectivity index (χ1v) is 8.63. The molecule has 0 radical (unpaired) electrons. The summed E-state index contributed by atoms with van der Waals surface area (Å²) in [7, 11) is 0. The summed E-state index contributed by atoms with van der Waals surface area (Å²) in [4.78, 5) is 15.6. The Balaban J connectivity index is 1.78. The highest BCUT2D eigenvalue weighted by atomic mass is 19.4. The van der Waals surface area contributed by atoms with E-state index in [-0.39, 0.29) is 11.4 Å². The molecule has 0 aliphatic heterocycles. The van der Waals surface area contributed by atoms with Crippen LogP contribution >= 0.6 is 0 Å². The highest BCUT2D eigenvalue weighted by molar-refractivity contribution is 6.04. The SMILES string of the molecule is Cc1cc(F)c(C(=O)Nc2ccc(Oc3cc(C)cnc3C(F)(F)F)cc2)c(F)c1. The number of halogens is 5. The van der Waals surface area contributed by atoms with Gasteiger partial charge in [-0.1, -0.05) is 0 Å². The quantitative estimate of drug-likeness (QED) is 0.522. The van der Waals surface area contributed by atoms with Crippen LogP contribution in [0, 0.1) is 25.5 Å². The van der Waals surface area contributed by atoms with Gasteiger partial charge in [0.2, 0.25) is 0 Å². The standard InChI is InChI=1S/C21H15F5N2O2/c1-11-7-15(22)18(16(23)8-11)20(29)28-13-3-5-14(6-4-13)30-17-9-12(2)10-27-19(17)21(24,25)26/h3-10H,1-2H3,(H,28,29). The van der Waals surface area contributed by atoms with Gasteiger partial charge in [0.15, 0.2) is 11.4 Å². The maximum Gasteiger partial charge on any atom is 0.437 e. The van der Waals surface area contributed by atoms with E-state index in [4.69, 9.17) is 4.74 Å². The Morgan fingerprint density at radius 1 is 0.967 bits per heavy atom. The Bertz CT molecular complexity index is 1070. The number of pyridine rings is 1. The monoisotopic (exact) mass is 422 g/mol. The Hall–Kier alpha value is -3.49. The number of hydrogen-bond donors (Lipinski definition) is 1. The first kappa shape index (κ1) is 21.2. The van der Waals surface area contributed by atoms with Crippen LogP contribution in [0.4, 0.5) is 27.6 Å². The van der Waals surface area contributed by atoms with Gasteiger partial charge in [0.1, 0.15) is 22.9 Å². The number of carbonyl (C=O) groups is 1. The van der Waals surface area contributed by atoms with E-state index in [2.05, 4.69) is 10.3 Å².